The summed E-state index contributed by atoms with van der Waals surface area (Å²) in [5.41, 5.74) is 1.92. The lowest BCUT2D eigenvalue weighted by atomic mass is 10.1. The number of halogens is 1. The summed E-state index contributed by atoms with van der Waals surface area (Å²) in [7, 11) is -2.60. The molecule has 2 rings (SSSR count). The Bertz CT molecular complexity index is 911. The average Bonchev–Trinajstić information content (AvgIpc) is 2.55. The van der Waals surface area contributed by atoms with Crippen molar-refractivity contribution in [1.29, 1.82) is 0 Å². The van der Waals surface area contributed by atoms with E-state index in [1.54, 1.807) is 19.1 Å². The van der Waals surface area contributed by atoms with Gasteiger partial charge in [-0.25, -0.2) is 8.42 Å². The Kier molecular flexibility index (Phi) is 5.74. The fourth-order valence-electron chi connectivity index (χ4n) is 2.36. The lowest BCUT2D eigenvalue weighted by Crippen LogP contribution is -2.36. The molecule has 0 saturated carbocycles. The Morgan fingerprint density at radius 2 is 1.92 bits per heavy atom. The van der Waals surface area contributed by atoms with E-state index in [2.05, 4.69) is 15.9 Å². The first kappa shape index (κ1) is 19.3. The molecule has 0 aliphatic heterocycles. The van der Waals surface area contributed by atoms with Crippen LogP contribution in [0.15, 0.2) is 45.8 Å². The first-order valence-electron chi connectivity index (χ1n) is 7.32. The molecule has 6 nitrogen and oxygen atoms in total. The lowest BCUT2D eigenvalue weighted by molar-refractivity contribution is -0.135. The van der Waals surface area contributed by atoms with E-state index in [0.717, 1.165) is 9.87 Å². The number of carbonyl (C=O) groups is 1. The molecule has 0 aliphatic rings. The summed E-state index contributed by atoms with van der Waals surface area (Å²) in [5.74, 6) is -0.757. The molecule has 0 amide bonds. The van der Waals surface area contributed by atoms with Crippen LogP contribution in [-0.2, 0) is 14.8 Å². The Hall–Kier alpha value is -2.06. The quantitative estimate of drug-likeness (QED) is 0.763. The third-order valence-electron chi connectivity index (χ3n) is 3.83. The van der Waals surface area contributed by atoms with Gasteiger partial charge in [0.2, 0.25) is 0 Å². The summed E-state index contributed by atoms with van der Waals surface area (Å²) < 4.78 is 32.7. The molecule has 0 atom stereocenters. The zero-order valence-corrected chi connectivity index (χ0v) is 16.4. The summed E-state index contributed by atoms with van der Waals surface area (Å²) in [6.07, 6.45) is 0. The predicted molar refractivity (Wildman–Crippen MR) is 98.8 cm³/mol. The van der Waals surface area contributed by atoms with E-state index in [1.165, 1.54) is 25.3 Å². The molecular formula is C17H18BrNO5S. The monoisotopic (exact) mass is 427 g/mol. The molecule has 2 aromatic rings. The van der Waals surface area contributed by atoms with Crippen molar-refractivity contribution in [3.8, 4) is 5.75 Å². The Balaban J connectivity index is 2.62. The number of nitrogens with zero attached hydrogens (tertiary/aromatic N) is 1. The van der Waals surface area contributed by atoms with Crippen LogP contribution in [0.25, 0.3) is 0 Å². The number of aryl methyl sites for hydroxylation is 1. The molecule has 0 heterocycles. The maximum atomic E-state index is 13.1. The summed E-state index contributed by atoms with van der Waals surface area (Å²) in [5, 5.41) is 9.22. The number of benzene rings is 2. The summed E-state index contributed by atoms with van der Waals surface area (Å²) in [6, 6.07) is 9.44. The average molecular weight is 428 g/mol. The van der Waals surface area contributed by atoms with Crippen molar-refractivity contribution >= 4 is 37.6 Å². The number of ether oxygens (including phenoxy) is 1. The molecule has 0 saturated heterocycles. The van der Waals surface area contributed by atoms with Gasteiger partial charge in [-0.15, -0.1) is 0 Å². The highest BCUT2D eigenvalue weighted by Crippen LogP contribution is 2.32. The highest BCUT2D eigenvalue weighted by Gasteiger charge is 2.29. The molecule has 0 bridgehead atoms. The molecule has 0 aromatic heterocycles. The van der Waals surface area contributed by atoms with Crippen molar-refractivity contribution in [2.45, 2.75) is 18.7 Å². The molecule has 25 heavy (non-hydrogen) atoms. The predicted octanol–water partition coefficient (Wildman–Crippen LogP) is 3.35. The van der Waals surface area contributed by atoms with E-state index in [4.69, 9.17) is 4.74 Å². The number of sulfonamides is 1. The molecule has 2 aromatic carbocycles. The lowest BCUT2D eigenvalue weighted by Gasteiger charge is -2.25. The van der Waals surface area contributed by atoms with Gasteiger partial charge in [0.25, 0.3) is 10.0 Å². The van der Waals surface area contributed by atoms with Gasteiger partial charge < -0.3 is 9.84 Å². The number of aliphatic carboxylic acids is 1. The molecule has 8 heteroatoms. The van der Waals surface area contributed by atoms with Gasteiger partial charge in [0.05, 0.1) is 22.2 Å². The molecule has 0 spiro atoms. The van der Waals surface area contributed by atoms with Crippen LogP contribution in [0.4, 0.5) is 5.69 Å². The largest absolute Gasteiger partial charge is 0.496 e. The zero-order valence-electron chi connectivity index (χ0n) is 14.0. The second kappa shape index (κ2) is 7.45. The van der Waals surface area contributed by atoms with Crippen LogP contribution in [0, 0.1) is 13.8 Å². The van der Waals surface area contributed by atoms with Gasteiger partial charge in [-0.3, -0.25) is 9.10 Å². The van der Waals surface area contributed by atoms with Gasteiger partial charge >= 0.3 is 5.97 Å². The smallest absolute Gasteiger partial charge is 0.324 e. The molecule has 0 aliphatic carbocycles. The van der Waals surface area contributed by atoms with Crippen LogP contribution in [0.5, 0.6) is 5.75 Å². The normalized spacial score (nSPS) is 11.2. The van der Waals surface area contributed by atoms with Crippen LogP contribution in [0.3, 0.4) is 0 Å². The van der Waals surface area contributed by atoms with Gasteiger partial charge in [-0.1, -0.05) is 12.1 Å². The second-order valence-electron chi connectivity index (χ2n) is 5.42. The number of methoxy groups -OCH3 is 1. The van der Waals surface area contributed by atoms with Crippen molar-refractivity contribution in [3.63, 3.8) is 0 Å². The van der Waals surface area contributed by atoms with Gasteiger partial charge in [-0.05, 0) is 65.2 Å². The number of anilines is 1. The SMILES string of the molecule is COc1ccc(S(=O)(=O)N(CC(=O)O)c2cccc(C)c2C)cc1Br. The van der Waals surface area contributed by atoms with Gasteiger partial charge in [-0.2, -0.15) is 0 Å². The Labute approximate surface area is 155 Å². The maximum Gasteiger partial charge on any atom is 0.324 e. The van der Waals surface area contributed by atoms with Gasteiger partial charge in [0.1, 0.15) is 12.3 Å². The second-order valence-corrected chi connectivity index (χ2v) is 8.14. The molecular weight excluding hydrogens is 410 g/mol. The molecule has 0 fully saturated rings. The fourth-order valence-corrected chi connectivity index (χ4v) is 4.55. The van der Waals surface area contributed by atoms with Crippen molar-refractivity contribution in [2.75, 3.05) is 18.0 Å². The highest BCUT2D eigenvalue weighted by atomic mass is 79.9. The number of carboxylic acid groups (broad SMARTS) is 1. The van der Waals surface area contributed by atoms with Crippen LogP contribution < -0.4 is 9.04 Å². The molecule has 1 N–H and O–H groups in total. The minimum atomic E-state index is -4.07. The molecule has 134 valence electrons. The molecule has 0 unspecified atom stereocenters. The fraction of sp³-hybridized carbons (Fsp3) is 0.235. The van der Waals surface area contributed by atoms with Crippen molar-refractivity contribution in [1.82, 2.24) is 0 Å². The third-order valence-corrected chi connectivity index (χ3v) is 6.21. The van der Waals surface area contributed by atoms with Crippen LogP contribution in [-0.4, -0.2) is 33.1 Å². The highest BCUT2D eigenvalue weighted by molar-refractivity contribution is 9.10. The van der Waals surface area contributed by atoms with Crippen molar-refractivity contribution < 1.29 is 23.1 Å². The summed E-state index contributed by atoms with van der Waals surface area (Å²) in [6.45, 7) is 2.93. The summed E-state index contributed by atoms with van der Waals surface area (Å²) >= 11 is 3.26. The standard InChI is InChI=1S/C17H18BrNO5S/c1-11-5-4-6-15(12(11)2)19(10-17(20)21)25(22,23)13-7-8-16(24-3)14(18)9-13/h4-9H,10H2,1-3H3,(H,20,21). The minimum Gasteiger partial charge on any atom is -0.496 e. The number of hydrogen-bond donors (Lipinski definition) is 1. The van der Waals surface area contributed by atoms with E-state index in [-0.39, 0.29) is 4.90 Å². The van der Waals surface area contributed by atoms with E-state index in [0.29, 0.717) is 21.5 Å². The van der Waals surface area contributed by atoms with Crippen molar-refractivity contribution in [2.24, 2.45) is 0 Å². The van der Waals surface area contributed by atoms with E-state index >= 15 is 0 Å². The van der Waals surface area contributed by atoms with Gasteiger partial charge in [0.15, 0.2) is 0 Å². The topological polar surface area (TPSA) is 83.9 Å². The number of rotatable bonds is 6. The van der Waals surface area contributed by atoms with Crippen LogP contribution in [0.1, 0.15) is 11.1 Å². The maximum absolute atomic E-state index is 13.1. The van der Waals surface area contributed by atoms with Crippen LogP contribution in [0.2, 0.25) is 0 Å². The number of carboxylic acids is 1. The van der Waals surface area contributed by atoms with Gasteiger partial charge in [0, 0.05) is 0 Å². The number of hydrogen-bond acceptors (Lipinski definition) is 4. The first-order chi connectivity index (χ1) is 11.7. The van der Waals surface area contributed by atoms with E-state index < -0.39 is 22.5 Å². The van der Waals surface area contributed by atoms with E-state index in [1.807, 2.05) is 13.0 Å². The Morgan fingerprint density at radius 3 is 2.48 bits per heavy atom. The van der Waals surface area contributed by atoms with E-state index in [9.17, 15) is 18.3 Å². The zero-order chi connectivity index (χ0) is 18.8. The van der Waals surface area contributed by atoms with Crippen molar-refractivity contribution in [3.05, 3.63) is 52.0 Å². The van der Waals surface area contributed by atoms with Crippen LogP contribution >= 0.6 is 15.9 Å². The third kappa shape index (κ3) is 3.96. The minimum absolute atomic E-state index is 0.0256. The Morgan fingerprint density at radius 1 is 1.24 bits per heavy atom. The first-order valence-corrected chi connectivity index (χ1v) is 9.56. The molecule has 0 radical (unpaired) electrons. The summed E-state index contributed by atoms with van der Waals surface area (Å²) in [4.78, 5) is 11.3.